The number of carbonyl (C=O) groups excluding carboxylic acids is 2. The zero-order valence-electron chi connectivity index (χ0n) is 12.5. The molecule has 0 spiro atoms. The summed E-state index contributed by atoms with van der Waals surface area (Å²) in [4.78, 5) is 29.8. The second kappa shape index (κ2) is 6.31. The second-order valence-electron chi connectivity index (χ2n) is 5.07. The van der Waals surface area contributed by atoms with Gasteiger partial charge in [0.05, 0.1) is 12.1 Å². The van der Waals surface area contributed by atoms with Crippen molar-refractivity contribution in [1.29, 1.82) is 0 Å². The van der Waals surface area contributed by atoms with Crippen molar-refractivity contribution in [3.05, 3.63) is 59.4 Å². The van der Waals surface area contributed by atoms with E-state index in [9.17, 15) is 9.59 Å². The number of hydrogen-bond donors (Lipinski definition) is 0. The maximum Gasteiger partial charge on any atom is 0.260 e. The van der Waals surface area contributed by atoms with Gasteiger partial charge in [-0.15, -0.1) is 0 Å². The number of para-hydroxylation sites is 1. The molecule has 0 aliphatic rings. The van der Waals surface area contributed by atoms with Crippen LogP contribution in [0.5, 0.6) is 0 Å². The number of ketones is 1. The van der Waals surface area contributed by atoms with Crippen LogP contribution in [0.25, 0.3) is 0 Å². The second-order valence-corrected chi connectivity index (χ2v) is 5.07. The Hall–Kier alpha value is -2.49. The van der Waals surface area contributed by atoms with Crippen LogP contribution < -0.4 is 4.90 Å². The summed E-state index contributed by atoms with van der Waals surface area (Å²) in [7, 11) is 0. The lowest BCUT2D eigenvalue weighted by atomic mass is 10.1. The number of hydrogen-bond acceptors (Lipinski definition) is 3. The summed E-state index contributed by atoms with van der Waals surface area (Å²) in [6.07, 6.45) is 1.54. The fourth-order valence-corrected chi connectivity index (χ4v) is 2.11. The summed E-state index contributed by atoms with van der Waals surface area (Å²) in [6, 6.07) is 11.0. The Morgan fingerprint density at radius 3 is 2.38 bits per heavy atom. The molecule has 1 heterocycles. The molecule has 21 heavy (non-hydrogen) atoms. The van der Waals surface area contributed by atoms with E-state index in [1.807, 2.05) is 38.1 Å². The third kappa shape index (κ3) is 3.54. The predicted octanol–water partition coefficient (Wildman–Crippen LogP) is 2.93. The molecule has 0 aliphatic carbocycles. The van der Waals surface area contributed by atoms with Gasteiger partial charge in [-0.25, -0.2) is 0 Å². The van der Waals surface area contributed by atoms with Crippen LogP contribution in [0.15, 0.2) is 42.6 Å². The summed E-state index contributed by atoms with van der Waals surface area (Å²) < 4.78 is 0. The largest absolute Gasteiger partial charge is 0.301 e. The first-order chi connectivity index (χ1) is 9.99. The van der Waals surface area contributed by atoms with Crippen LogP contribution in [-0.2, 0) is 4.79 Å². The van der Waals surface area contributed by atoms with Gasteiger partial charge < -0.3 is 4.90 Å². The van der Waals surface area contributed by atoms with Crippen molar-refractivity contribution in [2.24, 2.45) is 0 Å². The monoisotopic (exact) mass is 282 g/mol. The molecule has 108 valence electrons. The summed E-state index contributed by atoms with van der Waals surface area (Å²) >= 11 is 0. The van der Waals surface area contributed by atoms with Crippen LogP contribution in [0.2, 0.25) is 0 Å². The Kier molecular flexibility index (Phi) is 4.48. The summed E-state index contributed by atoms with van der Waals surface area (Å²) in [5, 5.41) is 0. The van der Waals surface area contributed by atoms with Gasteiger partial charge in [0.15, 0.2) is 0 Å². The molecule has 1 aromatic carbocycles. The Morgan fingerprint density at radius 1 is 1.10 bits per heavy atom. The number of aryl methyl sites for hydroxylation is 2. The van der Waals surface area contributed by atoms with E-state index in [0.717, 1.165) is 16.9 Å². The molecule has 0 aliphatic heterocycles. The Morgan fingerprint density at radius 2 is 1.81 bits per heavy atom. The van der Waals surface area contributed by atoms with Crippen molar-refractivity contribution in [3.8, 4) is 0 Å². The molecule has 4 heteroatoms. The lowest BCUT2D eigenvalue weighted by molar-refractivity contribution is -0.115. The first-order valence-electron chi connectivity index (χ1n) is 6.78. The molecule has 0 radical (unpaired) electrons. The van der Waals surface area contributed by atoms with Gasteiger partial charge in [-0.3, -0.25) is 14.6 Å². The first-order valence-corrected chi connectivity index (χ1v) is 6.78. The molecule has 0 atom stereocenters. The van der Waals surface area contributed by atoms with Gasteiger partial charge in [-0.2, -0.15) is 0 Å². The van der Waals surface area contributed by atoms with Crippen molar-refractivity contribution in [1.82, 2.24) is 4.98 Å². The van der Waals surface area contributed by atoms with Gasteiger partial charge >= 0.3 is 0 Å². The number of nitrogens with zero attached hydrogens (tertiary/aromatic N) is 2. The molecule has 0 unspecified atom stereocenters. The van der Waals surface area contributed by atoms with Crippen molar-refractivity contribution >= 4 is 17.4 Å². The van der Waals surface area contributed by atoms with Crippen LogP contribution in [0.4, 0.5) is 5.69 Å². The third-order valence-electron chi connectivity index (χ3n) is 3.19. The van der Waals surface area contributed by atoms with E-state index in [1.54, 1.807) is 18.3 Å². The zero-order valence-corrected chi connectivity index (χ0v) is 12.5. The van der Waals surface area contributed by atoms with E-state index in [0.29, 0.717) is 5.56 Å². The predicted molar refractivity (Wildman–Crippen MR) is 82.5 cm³/mol. The average Bonchev–Trinajstić information content (AvgIpc) is 2.45. The maximum atomic E-state index is 12.7. The van der Waals surface area contributed by atoms with Gasteiger partial charge in [-0.1, -0.05) is 18.2 Å². The number of Topliss-reactive ketones (excluding diaryl/α,β-unsaturated/α-hetero) is 1. The van der Waals surface area contributed by atoms with Crippen LogP contribution in [-0.4, -0.2) is 23.2 Å². The standard InChI is InChI=1S/C17H18N2O2/c1-12-6-4-5-7-16(12)19(11-14(3)20)17(21)15-9-8-13(2)18-10-15/h4-10H,11H2,1-3H3. The number of pyridine rings is 1. The normalized spacial score (nSPS) is 10.2. The molecule has 4 nitrogen and oxygen atoms in total. The van der Waals surface area contributed by atoms with Gasteiger partial charge in [0.1, 0.15) is 5.78 Å². The zero-order chi connectivity index (χ0) is 15.4. The molecular formula is C17H18N2O2. The van der Waals surface area contributed by atoms with Gasteiger partial charge in [0, 0.05) is 17.6 Å². The Labute approximate surface area is 124 Å². The molecule has 0 saturated carbocycles. The molecule has 0 bridgehead atoms. The summed E-state index contributed by atoms with van der Waals surface area (Å²) in [5.74, 6) is -0.279. The highest BCUT2D eigenvalue weighted by Crippen LogP contribution is 2.21. The molecule has 1 amide bonds. The summed E-state index contributed by atoms with van der Waals surface area (Å²) in [6.45, 7) is 5.32. The molecular weight excluding hydrogens is 264 g/mol. The van der Waals surface area contributed by atoms with Crippen molar-refractivity contribution in [2.75, 3.05) is 11.4 Å². The van der Waals surface area contributed by atoms with Gasteiger partial charge in [0.25, 0.3) is 5.91 Å². The minimum absolute atomic E-state index is 0.0531. The van der Waals surface area contributed by atoms with Gasteiger partial charge in [-0.05, 0) is 44.5 Å². The van der Waals surface area contributed by atoms with E-state index in [2.05, 4.69) is 4.98 Å². The van der Waals surface area contributed by atoms with E-state index >= 15 is 0 Å². The number of anilines is 1. The highest BCUT2D eigenvalue weighted by molar-refractivity contribution is 6.08. The molecule has 2 rings (SSSR count). The lowest BCUT2D eigenvalue weighted by Gasteiger charge is -2.23. The topological polar surface area (TPSA) is 50.3 Å². The molecule has 0 saturated heterocycles. The fourth-order valence-electron chi connectivity index (χ4n) is 2.11. The van der Waals surface area contributed by atoms with E-state index in [1.165, 1.54) is 11.8 Å². The lowest BCUT2D eigenvalue weighted by Crippen LogP contribution is -2.35. The van der Waals surface area contributed by atoms with E-state index < -0.39 is 0 Å². The molecule has 1 aromatic heterocycles. The quantitative estimate of drug-likeness (QED) is 0.866. The Bertz CT molecular complexity index is 663. The Balaban J connectivity index is 2.41. The van der Waals surface area contributed by atoms with E-state index in [4.69, 9.17) is 0 Å². The number of carbonyl (C=O) groups is 2. The smallest absolute Gasteiger partial charge is 0.260 e. The van der Waals surface area contributed by atoms with E-state index in [-0.39, 0.29) is 18.2 Å². The number of aromatic nitrogens is 1. The van der Waals surface area contributed by atoms with Crippen LogP contribution in [0.3, 0.4) is 0 Å². The average molecular weight is 282 g/mol. The SMILES string of the molecule is CC(=O)CN(C(=O)c1ccc(C)nc1)c1ccccc1C. The fraction of sp³-hybridized carbons (Fsp3) is 0.235. The van der Waals surface area contributed by atoms with Crippen molar-refractivity contribution in [2.45, 2.75) is 20.8 Å². The number of benzene rings is 1. The number of amides is 1. The highest BCUT2D eigenvalue weighted by Gasteiger charge is 2.20. The van der Waals surface area contributed by atoms with Crippen molar-refractivity contribution < 1.29 is 9.59 Å². The summed E-state index contributed by atoms with van der Waals surface area (Å²) in [5.41, 5.74) is 3.02. The van der Waals surface area contributed by atoms with Crippen molar-refractivity contribution in [3.63, 3.8) is 0 Å². The van der Waals surface area contributed by atoms with Crippen LogP contribution in [0.1, 0.15) is 28.5 Å². The highest BCUT2D eigenvalue weighted by atomic mass is 16.2. The molecule has 0 N–H and O–H groups in total. The number of rotatable bonds is 4. The first kappa shape index (κ1) is 14.9. The molecule has 2 aromatic rings. The minimum atomic E-state index is -0.216. The maximum absolute atomic E-state index is 12.7. The third-order valence-corrected chi connectivity index (χ3v) is 3.19. The van der Waals surface area contributed by atoms with Crippen LogP contribution >= 0.6 is 0 Å². The van der Waals surface area contributed by atoms with Gasteiger partial charge in [0.2, 0.25) is 0 Å². The molecule has 0 fully saturated rings. The van der Waals surface area contributed by atoms with Crippen LogP contribution in [0, 0.1) is 13.8 Å². The minimum Gasteiger partial charge on any atom is -0.301 e.